The number of benzene rings is 2. The third-order valence-electron chi connectivity index (χ3n) is 4.20. The Morgan fingerprint density at radius 3 is 2.50 bits per heavy atom. The Morgan fingerprint density at radius 2 is 1.85 bits per heavy atom. The molecule has 1 atom stereocenters. The first-order valence-electron chi connectivity index (χ1n) is 8.36. The van der Waals surface area contributed by atoms with Crippen molar-refractivity contribution in [2.75, 3.05) is 7.05 Å². The van der Waals surface area contributed by atoms with E-state index < -0.39 is 0 Å². The molecule has 0 saturated heterocycles. The molecule has 0 aliphatic rings. The van der Waals surface area contributed by atoms with Crippen molar-refractivity contribution in [3.8, 4) is 0 Å². The van der Waals surface area contributed by atoms with Crippen LogP contribution in [0.5, 0.6) is 0 Å². The van der Waals surface area contributed by atoms with Gasteiger partial charge in [0.15, 0.2) is 0 Å². The SMILES string of the molecule is Cc1nnc(CN(C)C(=O)C[C@@H](c2ccccc2)c2cccc(Cl)c2)o1. The third-order valence-corrected chi connectivity index (χ3v) is 4.43. The van der Waals surface area contributed by atoms with Gasteiger partial charge in [0.25, 0.3) is 0 Å². The summed E-state index contributed by atoms with van der Waals surface area (Å²) >= 11 is 6.16. The summed E-state index contributed by atoms with van der Waals surface area (Å²) in [5.74, 6) is 0.836. The highest BCUT2D eigenvalue weighted by atomic mass is 35.5. The third kappa shape index (κ3) is 4.49. The fourth-order valence-electron chi connectivity index (χ4n) is 2.86. The van der Waals surface area contributed by atoms with E-state index in [0.29, 0.717) is 23.2 Å². The van der Waals surface area contributed by atoms with Gasteiger partial charge >= 0.3 is 0 Å². The van der Waals surface area contributed by atoms with Crippen molar-refractivity contribution in [2.24, 2.45) is 0 Å². The lowest BCUT2D eigenvalue weighted by Gasteiger charge is -2.22. The van der Waals surface area contributed by atoms with Crippen LogP contribution in [0.3, 0.4) is 0 Å². The summed E-state index contributed by atoms with van der Waals surface area (Å²) in [5.41, 5.74) is 2.09. The molecule has 0 bridgehead atoms. The van der Waals surface area contributed by atoms with Crippen LogP contribution in [0.4, 0.5) is 0 Å². The van der Waals surface area contributed by atoms with E-state index in [4.69, 9.17) is 16.0 Å². The van der Waals surface area contributed by atoms with E-state index in [1.165, 1.54) is 0 Å². The van der Waals surface area contributed by atoms with Crippen molar-refractivity contribution in [1.82, 2.24) is 15.1 Å². The zero-order chi connectivity index (χ0) is 18.5. The van der Waals surface area contributed by atoms with Crippen LogP contribution in [0.1, 0.15) is 35.2 Å². The fraction of sp³-hybridized carbons (Fsp3) is 0.250. The minimum absolute atomic E-state index is 0.00492. The standard InChI is InChI=1S/C20H20ClN3O2/c1-14-22-23-19(26-14)13-24(2)20(25)12-18(15-7-4-3-5-8-15)16-9-6-10-17(21)11-16/h3-11,18H,12-13H2,1-2H3/t18-/m0/s1. The summed E-state index contributed by atoms with van der Waals surface area (Å²) in [7, 11) is 1.74. The van der Waals surface area contributed by atoms with Crippen LogP contribution in [-0.2, 0) is 11.3 Å². The van der Waals surface area contributed by atoms with E-state index in [1.807, 2.05) is 54.6 Å². The number of carbonyl (C=O) groups excluding carboxylic acids is 1. The van der Waals surface area contributed by atoms with Crippen LogP contribution >= 0.6 is 11.6 Å². The normalized spacial score (nSPS) is 12.0. The predicted octanol–water partition coefficient (Wildman–Crippen LogP) is 4.21. The Morgan fingerprint density at radius 1 is 1.12 bits per heavy atom. The molecule has 26 heavy (non-hydrogen) atoms. The van der Waals surface area contributed by atoms with Gasteiger partial charge in [0.1, 0.15) is 0 Å². The average Bonchev–Trinajstić information content (AvgIpc) is 3.05. The number of rotatable bonds is 6. The van der Waals surface area contributed by atoms with Crippen molar-refractivity contribution in [3.63, 3.8) is 0 Å². The molecular formula is C20H20ClN3O2. The van der Waals surface area contributed by atoms with Crippen LogP contribution in [0.15, 0.2) is 59.0 Å². The first-order chi connectivity index (χ1) is 12.5. The van der Waals surface area contributed by atoms with Gasteiger partial charge < -0.3 is 9.32 Å². The van der Waals surface area contributed by atoms with Crippen LogP contribution < -0.4 is 0 Å². The Bertz CT molecular complexity index is 880. The number of hydrogen-bond acceptors (Lipinski definition) is 4. The molecule has 0 aliphatic carbocycles. The van der Waals surface area contributed by atoms with Crippen molar-refractivity contribution >= 4 is 17.5 Å². The average molecular weight is 370 g/mol. The number of aryl methyl sites for hydroxylation is 1. The molecule has 3 rings (SSSR count). The largest absolute Gasteiger partial charge is 0.424 e. The Labute approximate surface area is 157 Å². The fourth-order valence-corrected chi connectivity index (χ4v) is 3.06. The monoisotopic (exact) mass is 369 g/mol. The van der Waals surface area contributed by atoms with Gasteiger partial charge in [-0.3, -0.25) is 4.79 Å². The lowest BCUT2D eigenvalue weighted by Crippen LogP contribution is -2.28. The number of halogens is 1. The molecule has 2 aromatic carbocycles. The smallest absolute Gasteiger partial charge is 0.235 e. The van der Waals surface area contributed by atoms with E-state index in [1.54, 1.807) is 18.9 Å². The van der Waals surface area contributed by atoms with Gasteiger partial charge in [0, 0.05) is 31.3 Å². The molecule has 1 heterocycles. The van der Waals surface area contributed by atoms with Crippen LogP contribution in [0.2, 0.25) is 5.02 Å². The van der Waals surface area contributed by atoms with E-state index in [2.05, 4.69) is 10.2 Å². The Kier molecular flexibility index (Phi) is 5.68. The molecule has 0 N–H and O–H groups in total. The predicted molar refractivity (Wildman–Crippen MR) is 99.9 cm³/mol. The number of nitrogens with zero attached hydrogens (tertiary/aromatic N) is 3. The van der Waals surface area contributed by atoms with E-state index >= 15 is 0 Å². The molecule has 1 aromatic heterocycles. The summed E-state index contributed by atoms with van der Waals surface area (Å²) in [6, 6.07) is 17.6. The molecule has 0 radical (unpaired) electrons. The van der Waals surface area contributed by atoms with E-state index in [-0.39, 0.29) is 18.4 Å². The quantitative estimate of drug-likeness (QED) is 0.653. The first-order valence-corrected chi connectivity index (χ1v) is 8.74. The Hall–Kier alpha value is -2.66. The minimum atomic E-state index is -0.0747. The molecular weight excluding hydrogens is 350 g/mol. The van der Waals surface area contributed by atoms with Gasteiger partial charge in [-0.05, 0) is 23.3 Å². The topological polar surface area (TPSA) is 59.2 Å². The molecule has 0 saturated carbocycles. The summed E-state index contributed by atoms with van der Waals surface area (Å²) in [5, 5.41) is 8.40. The molecule has 5 nitrogen and oxygen atoms in total. The maximum Gasteiger partial charge on any atom is 0.235 e. The second-order valence-electron chi connectivity index (χ2n) is 6.19. The molecule has 3 aromatic rings. The van der Waals surface area contributed by atoms with Crippen molar-refractivity contribution in [2.45, 2.75) is 25.8 Å². The van der Waals surface area contributed by atoms with Crippen LogP contribution in [0.25, 0.3) is 0 Å². The first kappa shape index (κ1) is 18.1. The van der Waals surface area contributed by atoms with Crippen LogP contribution in [-0.4, -0.2) is 28.1 Å². The minimum Gasteiger partial charge on any atom is -0.424 e. The summed E-state index contributed by atoms with van der Waals surface area (Å²) in [6.45, 7) is 2.01. The lowest BCUT2D eigenvalue weighted by molar-refractivity contribution is -0.130. The maximum absolute atomic E-state index is 12.8. The zero-order valence-corrected chi connectivity index (χ0v) is 15.5. The second kappa shape index (κ2) is 8.15. The van der Waals surface area contributed by atoms with Gasteiger partial charge in [0.05, 0.1) is 6.54 Å². The number of hydrogen-bond donors (Lipinski definition) is 0. The summed E-state index contributed by atoms with van der Waals surface area (Å²) in [6.07, 6.45) is 0.327. The maximum atomic E-state index is 12.8. The molecule has 0 unspecified atom stereocenters. The number of amides is 1. The second-order valence-corrected chi connectivity index (χ2v) is 6.62. The molecule has 0 spiro atoms. The highest BCUT2D eigenvalue weighted by Crippen LogP contribution is 2.30. The number of aromatic nitrogens is 2. The molecule has 6 heteroatoms. The van der Waals surface area contributed by atoms with Gasteiger partial charge in [-0.25, -0.2) is 0 Å². The zero-order valence-electron chi connectivity index (χ0n) is 14.7. The van der Waals surface area contributed by atoms with Gasteiger partial charge in [-0.2, -0.15) is 0 Å². The molecule has 0 aliphatic heterocycles. The van der Waals surface area contributed by atoms with E-state index in [0.717, 1.165) is 11.1 Å². The highest BCUT2D eigenvalue weighted by molar-refractivity contribution is 6.30. The Balaban J connectivity index is 1.80. The lowest BCUT2D eigenvalue weighted by atomic mass is 9.88. The van der Waals surface area contributed by atoms with Gasteiger partial charge in [-0.15, -0.1) is 10.2 Å². The van der Waals surface area contributed by atoms with Gasteiger partial charge in [0.2, 0.25) is 17.7 Å². The van der Waals surface area contributed by atoms with Crippen LogP contribution in [0, 0.1) is 6.92 Å². The molecule has 1 amide bonds. The summed E-state index contributed by atoms with van der Waals surface area (Å²) in [4.78, 5) is 14.4. The number of carbonyl (C=O) groups is 1. The summed E-state index contributed by atoms with van der Waals surface area (Å²) < 4.78 is 5.36. The highest BCUT2D eigenvalue weighted by Gasteiger charge is 2.21. The molecule has 0 fully saturated rings. The molecule has 134 valence electrons. The van der Waals surface area contributed by atoms with Crippen molar-refractivity contribution in [1.29, 1.82) is 0 Å². The van der Waals surface area contributed by atoms with Crippen molar-refractivity contribution < 1.29 is 9.21 Å². The van der Waals surface area contributed by atoms with Crippen molar-refractivity contribution in [3.05, 3.63) is 82.5 Å². The van der Waals surface area contributed by atoms with E-state index in [9.17, 15) is 4.79 Å². The van der Waals surface area contributed by atoms with Gasteiger partial charge in [-0.1, -0.05) is 54.1 Å².